The second-order valence-corrected chi connectivity index (χ2v) is 9.30. The van der Waals surface area contributed by atoms with Crippen molar-refractivity contribution in [2.45, 2.75) is 25.2 Å². The molecule has 5 rings (SSSR count). The summed E-state index contributed by atoms with van der Waals surface area (Å²) < 4.78 is 37.2. The molecular formula is C24H22ClF2N7O3. The van der Waals surface area contributed by atoms with Crippen LogP contribution in [-0.4, -0.2) is 67.2 Å². The van der Waals surface area contributed by atoms with E-state index >= 15 is 8.78 Å². The Kier molecular flexibility index (Phi) is 6.36. The van der Waals surface area contributed by atoms with Crippen LogP contribution in [0.15, 0.2) is 41.1 Å². The molecule has 4 heterocycles. The van der Waals surface area contributed by atoms with Gasteiger partial charge in [0.1, 0.15) is 11.6 Å². The standard InChI is InChI=1S/C24H22ClF2N7O3/c1-13-16-5-3-14(9-19(16)33(2)31-13)21-30-23(37-32-21)17-7-8-34(12-24(17,26)27)20(35)11-29-22(36)18-6-4-15(25)10-28-18/h3-6,9-10,17H,7-8,11-12H2,1-2H3,(H,29,36). The van der Waals surface area contributed by atoms with Gasteiger partial charge in [0, 0.05) is 30.7 Å². The summed E-state index contributed by atoms with van der Waals surface area (Å²) >= 11 is 5.74. The fraction of sp³-hybridized carbons (Fsp3) is 0.333. The van der Waals surface area contributed by atoms with Crippen molar-refractivity contribution in [2.24, 2.45) is 7.05 Å². The summed E-state index contributed by atoms with van der Waals surface area (Å²) in [5.41, 5.74) is 2.41. The number of pyridine rings is 1. The molecule has 1 aliphatic rings. The number of halogens is 3. The average molecular weight is 530 g/mol. The largest absolute Gasteiger partial charge is 0.342 e. The van der Waals surface area contributed by atoms with Crippen molar-refractivity contribution in [1.29, 1.82) is 0 Å². The minimum atomic E-state index is -3.30. The molecule has 1 unspecified atom stereocenters. The fourth-order valence-corrected chi connectivity index (χ4v) is 4.51. The normalized spacial score (nSPS) is 17.2. The highest BCUT2D eigenvalue weighted by atomic mass is 35.5. The first-order valence-electron chi connectivity index (χ1n) is 11.4. The van der Waals surface area contributed by atoms with Gasteiger partial charge in [0.15, 0.2) is 0 Å². The number of hydrogen-bond acceptors (Lipinski definition) is 7. The Hall–Kier alpha value is -3.93. The molecule has 4 aromatic rings. The number of hydrogen-bond donors (Lipinski definition) is 1. The number of benzene rings is 1. The van der Waals surface area contributed by atoms with E-state index in [1.165, 1.54) is 18.3 Å². The highest BCUT2D eigenvalue weighted by molar-refractivity contribution is 6.30. The zero-order chi connectivity index (χ0) is 26.3. The summed E-state index contributed by atoms with van der Waals surface area (Å²) in [6.45, 7) is 0.679. The summed E-state index contributed by atoms with van der Waals surface area (Å²) in [5, 5.41) is 12.0. The van der Waals surface area contributed by atoms with E-state index in [1.807, 2.05) is 26.1 Å². The number of fused-ring (bicyclic) bond motifs is 1. The molecule has 0 saturated carbocycles. The maximum Gasteiger partial charge on any atom is 0.276 e. The van der Waals surface area contributed by atoms with Crippen molar-refractivity contribution < 1.29 is 22.9 Å². The second kappa shape index (κ2) is 9.51. The topological polar surface area (TPSA) is 119 Å². The summed E-state index contributed by atoms with van der Waals surface area (Å²) in [4.78, 5) is 33.8. The lowest BCUT2D eigenvalue weighted by Crippen LogP contribution is -2.52. The van der Waals surface area contributed by atoms with Crippen LogP contribution in [0.2, 0.25) is 5.02 Å². The molecule has 1 aromatic carbocycles. The molecule has 0 bridgehead atoms. The molecule has 1 fully saturated rings. The van der Waals surface area contributed by atoms with Crippen LogP contribution in [-0.2, 0) is 11.8 Å². The minimum absolute atomic E-state index is 0.0477. The first kappa shape index (κ1) is 24.8. The predicted molar refractivity (Wildman–Crippen MR) is 129 cm³/mol. The van der Waals surface area contributed by atoms with E-state index in [1.54, 1.807) is 10.7 Å². The Labute approximate surface area is 214 Å². The fourth-order valence-electron chi connectivity index (χ4n) is 4.40. The van der Waals surface area contributed by atoms with Gasteiger partial charge in [-0.1, -0.05) is 28.9 Å². The van der Waals surface area contributed by atoms with Crippen molar-refractivity contribution in [3.8, 4) is 11.4 Å². The molecule has 37 heavy (non-hydrogen) atoms. The van der Waals surface area contributed by atoms with Gasteiger partial charge in [-0.25, -0.2) is 13.8 Å². The molecule has 3 aromatic heterocycles. The number of amides is 2. The number of piperidine rings is 1. The molecule has 192 valence electrons. The smallest absolute Gasteiger partial charge is 0.276 e. The molecule has 1 atom stereocenters. The van der Waals surface area contributed by atoms with E-state index in [9.17, 15) is 9.59 Å². The number of likely N-dealkylation sites (tertiary alicyclic amines) is 1. The maximum absolute atomic E-state index is 15.1. The van der Waals surface area contributed by atoms with E-state index in [0.29, 0.717) is 10.6 Å². The molecule has 1 N–H and O–H groups in total. The van der Waals surface area contributed by atoms with Crippen LogP contribution < -0.4 is 5.32 Å². The van der Waals surface area contributed by atoms with Crippen LogP contribution in [0.5, 0.6) is 0 Å². The highest BCUT2D eigenvalue weighted by Gasteiger charge is 2.49. The number of carbonyl (C=O) groups is 2. The molecule has 13 heteroatoms. The van der Waals surface area contributed by atoms with Crippen LogP contribution in [0.25, 0.3) is 22.3 Å². The lowest BCUT2D eigenvalue weighted by molar-refractivity contribution is -0.144. The zero-order valence-corrected chi connectivity index (χ0v) is 20.7. The molecular weight excluding hydrogens is 508 g/mol. The Morgan fingerprint density at radius 1 is 1.27 bits per heavy atom. The van der Waals surface area contributed by atoms with Gasteiger partial charge in [0.05, 0.1) is 29.3 Å². The van der Waals surface area contributed by atoms with Crippen molar-refractivity contribution >= 4 is 34.3 Å². The summed E-state index contributed by atoms with van der Waals surface area (Å²) in [6.07, 6.45) is 1.22. The first-order chi connectivity index (χ1) is 17.6. The van der Waals surface area contributed by atoms with E-state index in [0.717, 1.165) is 21.5 Å². The van der Waals surface area contributed by atoms with Gasteiger partial charge < -0.3 is 14.7 Å². The molecule has 0 spiro atoms. The van der Waals surface area contributed by atoms with Crippen LogP contribution in [0.1, 0.15) is 34.4 Å². The number of nitrogens with one attached hydrogen (secondary N) is 1. The van der Waals surface area contributed by atoms with Gasteiger partial charge >= 0.3 is 0 Å². The van der Waals surface area contributed by atoms with Crippen molar-refractivity contribution in [3.63, 3.8) is 0 Å². The number of carbonyl (C=O) groups excluding carboxylic acids is 2. The molecule has 0 aliphatic carbocycles. The van der Waals surface area contributed by atoms with Gasteiger partial charge in [0.2, 0.25) is 17.6 Å². The Bertz CT molecular complexity index is 1490. The lowest BCUT2D eigenvalue weighted by atomic mass is 9.92. The van der Waals surface area contributed by atoms with E-state index in [2.05, 4.69) is 25.5 Å². The van der Waals surface area contributed by atoms with Gasteiger partial charge in [-0.05, 0) is 31.5 Å². The molecule has 1 saturated heterocycles. The second-order valence-electron chi connectivity index (χ2n) is 8.86. The maximum atomic E-state index is 15.1. The van der Waals surface area contributed by atoms with E-state index < -0.39 is 36.7 Å². The van der Waals surface area contributed by atoms with Gasteiger partial charge in [0.25, 0.3) is 11.8 Å². The minimum Gasteiger partial charge on any atom is -0.342 e. The third-order valence-electron chi connectivity index (χ3n) is 6.35. The highest BCUT2D eigenvalue weighted by Crippen LogP contribution is 2.40. The third-order valence-corrected chi connectivity index (χ3v) is 6.57. The van der Waals surface area contributed by atoms with Crippen molar-refractivity contribution in [1.82, 2.24) is 35.1 Å². The van der Waals surface area contributed by atoms with E-state index in [-0.39, 0.29) is 30.4 Å². The molecule has 1 aliphatic heterocycles. The van der Waals surface area contributed by atoms with Gasteiger partial charge in [-0.15, -0.1) is 0 Å². The van der Waals surface area contributed by atoms with Gasteiger partial charge in [-0.3, -0.25) is 14.3 Å². The number of aryl methyl sites for hydroxylation is 2. The number of nitrogens with zero attached hydrogens (tertiary/aromatic N) is 6. The molecule has 10 nitrogen and oxygen atoms in total. The Morgan fingerprint density at radius 2 is 2.08 bits per heavy atom. The quantitative estimate of drug-likeness (QED) is 0.421. The van der Waals surface area contributed by atoms with Crippen LogP contribution >= 0.6 is 11.6 Å². The number of alkyl halides is 2. The van der Waals surface area contributed by atoms with E-state index in [4.69, 9.17) is 16.1 Å². The third kappa shape index (κ3) is 4.88. The lowest BCUT2D eigenvalue weighted by Gasteiger charge is -2.36. The van der Waals surface area contributed by atoms with Crippen LogP contribution in [0.3, 0.4) is 0 Å². The predicted octanol–water partition coefficient (Wildman–Crippen LogP) is 3.36. The summed E-state index contributed by atoms with van der Waals surface area (Å²) in [5.74, 6) is -5.87. The van der Waals surface area contributed by atoms with Gasteiger partial charge in [-0.2, -0.15) is 10.1 Å². The first-order valence-corrected chi connectivity index (χ1v) is 11.8. The van der Waals surface area contributed by atoms with Crippen molar-refractivity contribution in [2.75, 3.05) is 19.6 Å². The molecule has 2 amide bonds. The van der Waals surface area contributed by atoms with Crippen LogP contribution in [0.4, 0.5) is 8.78 Å². The number of aromatic nitrogens is 5. The van der Waals surface area contributed by atoms with Crippen molar-refractivity contribution in [3.05, 3.63) is 58.8 Å². The van der Waals surface area contributed by atoms with Crippen LogP contribution in [0, 0.1) is 6.92 Å². The summed E-state index contributed by atoms with van der Waals surface area (Å²) in [7, 11) is 1.82. The summed E-state index contributed by atoms with van der Waals surface area (Å²) in [6, 6.07) is 8.38. The monoisotopic (exact) mass is 529 g/mol. The average Bonchev–Trinajstić information content (AvgIpc) is 3.46. The molecule has 0 radical (unpaired) electrons. The zero-order valence-electron chi connectivity index (χ0n) is 19.9. The Morgan fingerprint density at radius 3 is 2.81 bits per heavy atom. The number of rotatable bonds is 5. The Balaban J connectivity index is 1.24. The SMILES string of the molecule is Cc1nn(C)c2cc(-c3noc(C4CCN(C(=O)CNC(=O)c5ccc(Cl)cn5)CC4(F)F)n3)ccc12.